The fourth-order valence-electron chi connectivity index (χ4n) is 1.57. The molecular formula is C12H18ClNO. The molecule has 0 heterocycles. The van der Waals surface area contributed by atoms with E-state index in [0.29, 0.717) is 12.1 Å². The Morgan fingerprint density at radius 2 is 1.87 bits per heavy atom. The van der Waals surface area contributed by atoms with Crippen LogP contribution in [0.2, 0.25) is 5.02 Å². The largest absolute Gasteiger partial charge is 0.383 e. The van der Waals surface area contributed by atoms with E-state index in [0.717, 1.165) is 11.6 Å². The van der Waals surface area contributed by atoms with E-state index in [9.17, 15) is 0 Å². The molecule has 0 radical (unpaired) electrons. The van der Waals surface area contributed by atoms with Gasteiger partial charge < -0.3 is 10.1 Å². The van der Waals surface area contributed by atoms with Gasteiger partial charge in [-0.05, 0) is 31.5 Å². The average Bonchev–Trinajstić information content (AvgIpc) is 2.18. The summed E-state index contributed by atoms with van der Waals surface area (Å²) in [5.41, 5.74) is 1.24. The highest BCUT2D eigenvalue weighted by Crippen LogP contribution is 2.16. The Labute approximate surface area is 96.6 Å². The summed E-state index contributed by atoms with van der Waals surface area (Å²) in [6, 6.07) is 8.57. The van der Waals surface area contributed by atoms with Crippen LogP contribution in [0, 0.1) is 0 Å². The Hall–Kier alpha value is -0.570. The quantitative estimate of drug-likeness (QED) is 0.835. The summed E-state index contributed by atoms with van der Waals surface area (Å²) in [6.45, 7) is 4.96. The Morgan fingerprint density at radius 1 is 1.27 bits per heavy atom. The van der Waals surface area contributed by atoms with Crippen molar-refractivity contribution in [2.45, 2.75) is 25.9 Å². The number of ether oxygens (including phenoxy) is 1. The van der Waals surface area contributed by atoms with Gasteiger partial charge in [-0.2, -0.15) is 0 Å². The van der Waals surface area contributed by atoms with E-state index in [1.54, 1.807) is 7.11 Å². The second kappa shape index (κ2) is 6.11. The smallest absolute Gasteiger partial charge is 0.0613 e. The molecule has 0 aromatic heterocycles. The number of rotatable bonds is 5. The van der Waals surface area contributed by atoms with Gasteiger partial charge in [0.15, 0.2) is 0 Å². The minimum absolute atomic E-state index is 0.312. The van der Waals surface area contributed by atoms with Gasteiger partial charge in [0.25, 0.3) is 0 Å². The van der Waals surface area contributed by atoms with Gasteiger partial charge in [0, 0.05) is 24.2 Å². The monoisotopic (exact) mass is 227 g/mol. The number of nitrogens with one attached hydrogen (secondary N) is 1. The number of hydrogen-bond acceptors (Lipinski definition) is 2. The fraction of sp³-hybridized carbons (Fsp3) is 0.500. The van der Waals surface area contributed by atoms with E-state index < -0.39 is 0 Å². The summed E-state index contributed by atoms with van der Waals surface area (Å²) in [5.74, 6) is 0. The first-order chi connectivity index (χ1) is 7.13. The van der Waals surface area contributed by atoms with Crippen LogP contribution in [0.1, 0.15) is 25.5 Å². The lowest BCUT2D eigenvalue weighted by Crippen LogP contribution is -2.32. The predicted molar refractivity (Wildman–Crippen MR) is 64.3 cm³/mol. The van der Waals surface area contributed by atoms with Gasteiger partial charge >= 0.3 is 0 Å². The maximum atomic E-state index is 5.83. The summed E-state index contributed by atoms with van der Waals surface area (Å²) in [6.07, 6.45) is 0. The lowest BCUT2D eigenvalue weighted by Gasteiger charge is -2.19. The van der Waals surface area contributed by atoms with E-state index >= 15 is 0 Å². The van der Waals surface area contributed by atoms with Crippen molar-refractivity contribution in [2.75, 3.05) is 13.7 Å². The zero-order valence-electron chi connectivity index (χ0n) is 9.46. The molecule has 84 valence electrons. The number of halogens is 1. The van der Waals surface area contributed by atoms with Crippen LogP contribution in [-0.4, -0.2) is 19.8 Å². The predicted octanol–water partition coefficient (Wildman–Crippen LogP) is 3.03. The van der Waals surface area contributed by atoms with Crippen LogP contribution in [0.3, 0.4) is 0 Å². The molecule has 0 spiro atoms. The molecule has 1 aromatic carbocycles. The van der Waals surface area contributed by atoms with Crippen LogP contribution < -0.4 is 5.32 Å². The van der Waals surface area contributed by atoms with Crippen molar-refractivity contribution in [3.63, 3.8) is 0 Å². The Kier molecular flexibility index (Phi) is 5.09. The highest BCUT2D eigenvalue weighted by Gasteiger charge is 2.08. The van der Waals surface area contributed by atoms with E-state index in [2.05, 4.69) is 19.2 Å². The van der Waals surface area contributed by atoms with Crippen LogP contribution >= 0.6 is 11.6 Å². The molecule has 1 rings (SSSR count). The summed E-state index contributed by atoms with van der Waals surface area (Å²) < 4.78 is 5.08. The molecular weight excluding hydrogens is 210 g/mol. The fourth-order valence-corrected chi connectivity index (χ4v) is 1.70. The molecule has 2 atom stereocenters. The third-order valence-electron chi connectivity index (χ3n) is 2.32. The lowest BCUT2D eigenvalue weighted by atomic mass is 10.1. The van der Waals surface area contributed by atoms with Crippen molar-refractivity contribution in [1.29, 1.82) is 0 Å². The van der Waals surface area contributed by atoms with Crippen molar-refractivity contribution in [3.8, 4) is 0 Å². The van der Waals surface area contributed by atoms with E-state index in [4.69, 9.17) is 16.3 Å². The van der Waals surface area contributed by atoms with Gasteiger partial charge in [0.1, 0.15) is 0 Å². The highest BCUT2D eigenvalue weighted by atomic mass is 35.5. The maximum Gasteiger partial charge on any atom is 0.0613 e. The molecule has 0 fully saturated rings. The molecule has 0 amide bonds. The maximum absolute atomic E-state index is 5.83. The number of hydrogen-bond donors (Lipinski definition) is 1. The second-order valence-electron chi connectivity index (χ2n) is 3.80. The summed E-state index contributed by atoms with van der Waals surface area (Å²) in [7, 11) is 1.71. The first-order valence-electron chi connectivity index (χ1n) is 5.14. The molecule has 0 saturated heterocycles. The first-order valence-corrected chi connectivity index (χ1v) is 5.51. The SMILES string of the molecule is COCC(C)NC(C)c1ccc(Cl)cc1. The standard InChI is InChI=1S/C12H18ClNO/c1-9(8-15-3)14-10(2)11-4-6-12(13)7-5-11/h4-7,9-10,14H,8H2,1-3H3. The first kappa shape index (κ1) is 12.5. The third kappa shape index (κ3) is 4.20. The van der Waals surface area contributed by atoms with Crippen LogP contribution in [0.25, 0.3) is 0 Å². The van der Waals surface area contributed by atoms with Crippen LogP contribution in [-0.2, 0) is 4.74 Å². The molecule has 0 bridgehead atoms. The van der Waals surface area contributed by atoms with Crippen molar-refractivity contribution >= 4 is 11.6 Å². The minimum Gasteiger partial charge on any atom is -0.383 e. The topological polar surface area (TPSA) is 21.3 Å². The Morgan fingerprint density at radius 3 is 2.40 bits per heavy atom. The number of methoxy groups -OCH3 is 1. The molecule has 2 unspecified atom stereocenters. The van der Waals surface area contributed by atoms with E-state index in [1.165, 1.54) is 5.56 Å². The summed E-state index contributed by atoms with van der Waals surface area (Å²) >= 11 is 5.83. The molecule has 0 aliphatic heterocycles. The lowest BCUT2D eigenvalue weighted by molar-refractivity contribution is 0.168. The van der Waals surface area contributed by atoms with Crippen molar-refractivity contribution in [2.24, 2.45) is 0 Å². The minimum atomic E-state index is 0.312. The van der Waals surface area contributed by atoms with Gasteiger partial charge in [-0.15, -0.1) is 0 Å². The van der Waals surface area contributed by atoms with Crippen LogP contribution in [0.15, 0.2) is 24.3 Å². The molecule has 0 saturated carbocycles. The van der Waals surface area contributed by atoms with Crippen molar-refractivity contribution in [1.82, 2.24) is 5.32 Å². The van der Waals surface area contributed by atoms with Gasteiger partial charge in [-0.3, -0.25) is 0 Å². The van der Waals surface area contributed by atoms with Crippen molar-refractivity contribution in [3.05, 3.63) is 34.9 Å². The second-order valence-corrected chi connectivity index (χ2v) is 4.23. The molecule has 0 aliphatic rings. The van der Waals surface area contributed by atoms with Crippen LogP contribution in [0.5, 0.6) is 0 Å². The third-order valence-corrected chi connectivity index (χ3v) is 2.57. The molecule has 2 nitrogen and oxygen atoms in total. The summed E-state index contributed by atoms with van der Waals surface area (Å²) in [4.78, 5) is 0. The van der Waals surface area contributed by atoms with Gasteiger partial charge in [-0.25, -0.2) is 0 Å². The Bertz CT molecular complexity index is 286. The van der Waals surface area contributed by atoms with Crippen molar-refractivity contribution < 1.29 is 4.74 Å². The zero-order valence-corrected chi connectivity index (χ0v) is 10.2. The zero-order chi connectivity index (χ0) is 11.3. The molecule has 1 N–H and O–H groups in total. The van der Waals surface area contributed by atoms with Gasteiger partial charge in [-0.1, -0.05) is 23.7 Å². The van der Waals surface area contributed by atoms with Gasteiger partial charge in [0.2, 0.25) is 0 Å². The Balaban J connectivity index is 2.53. The average molecular weight is 228 g/mol. The number of benzene rings is 1. The normalized spacial score (nSPS) is 14.9. The van der Waals surface area contributed by atoms with E-state index in [-0.39, 0.29) is 0 Å². The van der Waals surface area contributed by atoms with Crippen LogP contribution in [0.4, 0.5) is 0 Å². The summed E-state index contributed by atoms with van der Waals surface area (Å²) in [5, 5.41) is 4.22. The molecule has 1 aromatic rings. The molecule has 15 heavy (non-hydrogen) atoms. The highest BCUT2D eigenvalue weighted by molar-refractivity contribution is 6.30. The van der Waals surface area contributed by atoms with Gasteiger partial charge in [0.05, 0.1) is 6.61 Å². The molecule has 3 heteroatoms. The van der Waals surface area contributed by atoms with E-state index in [1.807, 2.05) is 24.3 Å². The molecule has 0 aliphatic carbocycles.